The quantitative estimate of drug-likeness (QED) is 0.786. The number of hydrogen-bond donors (Lipinski definition) is 1. The average Bonchev–Trinajstić information content (AvgIpc) is 3.10. The zero-order valence-electron chi connectivity index (χ0n) is 14.1. The Morgan fingerprint density at radius 2 is 1.81 bits per heavy atom. The van der Waals surface area contributed by atoms with Crippen LogP contribution < -0.4 is 5.32 Å². The van der Waals surface area contributed by atoms with Crippen LogP contribution in [0.3, 0.4) is 0 Å². The van der Waals surface area contributed by atoms with E-state index in [2.05, 4.69) is 16.5 Å². The van der Waals surface area contributed by atoms with Crippen molar-refractivity contribution in [1.29, 1.82) is 10.5 Å². The highest BCUT2D eigenvalue weighted by Crippen LogP contribution is 2.18. The smallest absolute Gasteiger partial charge is 0.256 e. The number of carbonyl (C=O) groups is 1. The Kier molecular flexibility index (Phi) is 4.78. The maximum atomic E-state index is 12.4. The van der Waals surface area contributed by atoms with Crippen molar-refractivity contribution in [2.24, 2.45) is 0 Å². The SMILES string of the molecule is CCc1cc(NC(=O)c2cccc(C#N)c2)nn1-c1ccc(C#N)cc1. The summed E-state index contributed by atoms with van der Waals surface area (Å²) in [5.41, 5.74) is 3.14. The maximum Gasteiger partial charge on any atom is 0.256 e. The van der Waals surface area contributed by atoms with Crippen molar-refractivity contribution in [2.45, 2.75) is 13.3 Å². The minimum Gasteiger partial charge on any atom is -0.305 e. The van der Waals surface area contributed by atoms with Gasteiger partial charge in [0.1, 0.15) is 0 Å². The molecule has 0 aliphatic rings. The van der Waals surface area contributed by atoms with E-state index >= 15 is 0 Å². The topological polar surface area (TPSA) is 94.5 Å². The second kappa shape index (κ2) is 7.33. The molecule has 3 rings (SSSR count). The third-order valence-electron chi connectivity index (χ3n) is 3.88. The van der Waals surface area contributed by atoms with Gasteiger partial charge in [0.15, 0.2) is 5.82 Å². The Balaban J connectivity index is 1.87. The van der Waals surface area contributed by atoms with Crippen LogP contribution in [-0.2, 0) is 6.42 Å². The first kappa shape index (κ1) is 16.9. The number of benzene rings is 2. The molecule has 0 aliphatic heterocycles. The lowest BCUT2D eigenvalue weighted by molar-refractivity contribution is 0.102. The Hall–Kier alpha value is -3.90. The molecule has 126 valence electrons. The third-order valence-corrected chi connectivity index (χ3v) is 3.88. The van der Waals surface area contributed by atoms with Crippen molar-refractivity contribution in [3.63, 3.8) is 0 Å². The van der Waals surface area contributed by atoms with E-state index in [-0.39, 0.29) is 5.91 Å². The van der Waals surface area contributed by atoms with Crippen LogP contribution in [0, 0.1) is 22.7 Å². The molecule has 1 aromatic heterocycles. The first-order chi connectivity index (χ1) is 12.6. The summed E-state index contributed by atoms with van der Waals surface area (Å²) in [4.78, 5) is 12.4. The zero-order valence-corrected chi connectivity index (χ0v) is 14.1. The second-order valence-electron chi connectivity index (χ2n) is 5.59. The molecule has 0 atom stereocenters. The number of hydrogen-bond acceptors (Lipinski definition) is 4. The number of nitriles is 2. The standard InChI is InChI=1S/C20H15N5O/c1-2-17-11-19(23-20(26)16-5-3-4-15(10-16)13-22)24-25(17)18-8-6-14(12-21)7-9-18/h3-11H,2H2,1H3,(H,23,24,26). The van der Waals surface area contributed by atoms with Crippen LogP contribution in [0.4, 0.5) is 5.82 Å². The van der Waals surface area contributed by atoms with E-state index in [0.29, 0.717) is 22.5 Å². The molecule has 0 aliphatic carbocycles. The summed E-state index contributed by atoms with van der Waals surface area (Å²) in [5.74, 6) is 0.104. The molecule has 26 heavy (non-hydrogen) atoms. The molecule has 2 aromatic carbocycles. The Bertz CT molecular complexity index is 1040. The number of nitrogens with one attached hydrogen (secondary N) is 1. The zero-order chi connectivity index (χ0) is 18.5. The summed E-state index contributed by atoms with van der Waals surface area (Å²) < 4.78 is 1.74. The van der Waals surface area contributed by atoms with Crippen molar-refractivity contribution < 1.29 is 4.79 Å². The maximum absolute atomic E-state index is 12.4. The summed E-state index contributed by atoms with van der Waals surface area (Å²) in [5, 5.41) is 25.1. The fourth-order valence-electron chi connectivity index (χ4n) is 2.55. The molecular formula is C20H15N5O. The normalized spacial score (nSPS) is 9.96. The van der Waals surface area contributed by atoms with Crippen LogP contribution in [0.1, 0.15) is 34.1 Å². The lowest BCUT2D eigenvalue weighted by atomic mass is 10.1. The van der Waals surface area contributed by atoms with Gasteiger partial charge in [-0.2, -0.15) is 10.5 Å². The Morgan fingerprint density at radius 3 is 2.46 bits per heavy atom. The number of carbonyl (C=O) groups excluding carboxylic acids is 1. The van der Waals surface area contributed by atoms with Gasteiger partial charge >= 0.3 is 0 Å². The average molecular weight is 341 g/mol. The van der Waals surface area contributed by atoms with E-state index in [1.807, 2.05) is 31.2 Å². The van der Waals surface area contributed by atoms with Gasteiger partial charge < -0.3 is 5.32 Å². The first-order valence-electron chi connectivity index (χ1n) is 8.05. The van der Waals surface area contributed by atoms with Gasteiger partial charge in [-0.15, -0.1) is 5.10 Å². The van der Waals surface area contributed by atoms with Crippen molar-refractivity contribution in [3.8, 4) is 17.8 Å². The van der Waals surface area contributed by atoms with Gasteiger partial charge in [0.25, 0.3) is 5.91 Å². The summed E-state index contributed by atoms with van der Waals surface area (Å²) in [6.45, 7) is 2.00. The molecule has 6 heteroatoms. The summed E-state index contributed by atoms with van der Waals surface area (Å²) >= 11 is 0. The van der Waals surface area contributed by atoms with E-state index in [4.69, 9.17) is 10.5 Å². The van der Waals surface area contributed by atoms with E-state index in [1.54, 1.807) is 35.0 Å². The fourth-order valence-corrected chi connectivity index (χ4v) is 2.55. The van der Waals surface area contributed by atoms with Crippen LogP contribution in [-0.4, -0.2) is 15.7 Å². The lowest BCUT2D eigenvalue weighted by Gasteiger charge is -2.05. The van der Waals surface area contributed by atoms with E-state index in [9.17, 15) is 4.79 Å². The second-order valence-corrected chi connectivity index (χ2v) is 5.59. The number of amides is 1. The molecule has 3 aromatic rings. The van der Waals surface area contributed by atoms with Crippen LogP contribution in [0.15, 0.2) is 54.6 Å². The van der Waals surface area contributed by atoms with Gasteiger partial charge in [-0.3, -0.25) is 4.79 Å². The van der Waals surface area contributed by atoms with Crippen molar-refractivity contribution in [3.05, 3.63) is 77.0 Å². The van der Waals surface area contributed by atoms with Crippen LogP contribution in [0.5, 0.6) is 0 Å². The van der Waals surface area contributed by atoms with Crippen molar-refractivity contribution in [1.82, 2.24) is 9.78 Å². The molecule has 1 heterocycles. The predicted molar refractivity (Wildman–Crippen MR) is 96.8 cm³/mol. The molecule has 1 N–H and O–H groups in total. The molecule has 0 radical (unpaired) electrons. The van der Waals surface area contributed by atoms with Crippen LogP contribution in [0.25, 0.3) is 5.69 Å². The molecular weight excluding hydrogens is 326 g/mol. The molecule has 0 unspecified atom stereocenters. The Labute approximate surface area is 150 Å². The number of aryl methyl sites for hydroxylation is 1. The van der Waals surface area contributed by atoms with Crippen LogP contribution in [0.2, 0.25) is 0 Å². The van der Waals surface area contributed by atoms with Gasteiger partial charge in [0, 0.05) is 17.3 Å². The highest BCUT2D eigenvalue weighted by molar-refractivity contribution is 6.04. The van der Waals surface area contributed by atoms with Crippen molar-refractivity contribution in [2.75, 3.05) is 5.32 Å². The van der Waals surface area contributed by atoms with Gasteiger partial charge in [-0.1, -0.05) is 13.0 Å². The summed E-state index contributed by atoms with van der Waals surface area (Å²) in [6, 6.07) is 19.5. The highest BCUT2D eigenvalue weighted by atomic mass is 16.1. The summed E-state index contributed by atoms with van der Waals surface area (Å²) in [6.07, 6.45) is 0.729. The highest BCUT2D eigenvalue weighted by Gasteiger charge is 2.12. The fraction of sp³-hybridized carbons (Fsp3) is 0.100. The molecule has 1 amide bonds. The number of aromatic nitrogens is 2. The largest absolute Gasteiger partial charge is 0.305 e. The summed E-state index contributed by atoms with van der Waals surface area (Å²) in [7, 11) is 0. The van der Waals surface area contributed by atoms with E-state index in [1.165, 1.54) is 6.07 Å². The number of rotatable bonds is 4. The van der Waals surface area contributed by atoms with Gasteiger partial charge in [-0.05, 0) is 48.9 Å². The van der Waals surface area contributed by atoms with Gasteiger partial charge in [0.2, 0.25) is 0 Å². The first-order valence-corrected chi connectivity index (χ1v) is 8.05. The minimum atomic E-state index is -0.325. The molecule has 0 spiro atoms. The van der Waals surface area contributed by atoms with E-state index in [0.717, 1.165) is 17.8 Å². The Morgan fingerprint density at radius 1 is 1.08 bits per heavy atom. The monoisotopic (exact) mass is 341 g/mol. The van der Waals surface area contributed by atoms with Gasteiger partial charge in [-0.25, -0.2) is 4.68 Å². The minimum absolute atomic E-state index is 0.325. The lowest BCUT2D eigenvalue weighted by Crippen LogP contribution is -2.12. The number of anilines is 1. The molecule has 0 bridgehead atoms. The predicted octanol–water partition coefficient (Wildman–Crippen LogP) is 3.43. The number of nitrogens with zero attached hydrogens (tertiary/aromatic N) is 4. The van der Waals surface area contributed by atoms with Crippen molar-refractivity contribution >= 4 is 11.7 Å². The molecule has 6 nitrogen and oxygen atoms in total. The van der Waals surface area contributed by atoms with E-state index < -0.39 is 0 Å². The van der Waals surface area contributed by atoms with Crippen LogP contribution >= 0.6 is 0 Å². The third kappa shape index (κ3) is 3.45. The van der Waals surface area contributed by atoms with Gasteiger partial charge in [0.05, 0.1) is 29.0 Å². The molecule has 0 saturated heterocycles. The molecule has 0 fully saturated rings. The molecule has 0 saturated carbocycles.